The summed E-state index contributed by atoms with van der Waals surface area (Å²) in [6.45, 7) is 1.26. The normalized spacial score (nSPS) is 10.5. The molecule has 2 aromatic rings. The van der Waals surface area contributed by atoms with Crippen molar-refractivity contribution in [3.63, 3.8) is 0 Å². The second-order valence-electron chi connectivity index (χ2n) is 4.55. The highest BCUT2D eigenvalue weighted by Gasteiger charge is 2.17. The molecule has 25 heavy (non-hydrogen) atoms. The first-order chi connectivity index (χ1) is 12.0. The van der Waals surface area contributed by atoms with E-state index >= 15 is 0 Å². The Hall–Kier alpha value is -3.63. The zero-order valence-corrected chi connectivity index (χ0v) is 13.6. The van der Waals surface area contributed by atoms with Gasteiger partial charge in [0, 0.05) is 12.5 Å². The molecule has 2 rings (SSSR count). The summed E-state index contributed by atoms with van der Waals surface area (Å²) in [6, 6.07) is 3.09. The van der Waals surface area contributed by atoms with E-state index in [4.69, 9.17) is 19.9 Å². The van der Waals surface area contributed by atoms with Gasteiger partial charge in [-0.25, -0.2) is 10.1 Å². The number of amides is 1. The van der Waals surface area contributed by atoms with Gasteiger partial charge >= 0.3 is 5.97 Å². The maximum Gasteiger partial charge on any atom is 0.308 e. The number of aromatic nitrogens is 2. The summed E-state index contributed by atoms with van der Waals surface area (Å²) in [5.74, 6) is -0.712. The number of methoxy groups -OCH3 is 2. The third kappa shape index (κ3) is 4.22. The minimum absolute atomic E-state index is 0.139. The van der Waals surface area contributed by atoms with E-state index in [1.54, 1.807) is 12.1 Å². The Kier molecular flexibility index (Phi) is 5.50. The van der Waals surface area contributed by atoms with E-state index in [9.17, 15) is 9.59 Å². The van der Waals surface area contributed by atoms with Crippen LogP contribution in [0.5, 0.6) is 17.2 Å². The molecule has 132 valence electrons. The molecule has 0 fully saturated rings. The zero-order chi connectivity index (χ0) is 18.4. The summed E-state index contributed by atoms with van der Waals surface area (Å²) in [6.07, 6.45) is 1.32. The van der Waals surface area contributed by atoms with Crippen molar-refractivity contribution in [1.29, 1.82) is 0 Å². The van der Waals surface area contributed by atoms with Crippen molar-refractivity contribution in [3.05, 3.63) is 23.4 Å². The Balaban J connectivity index is 2.20. The van der Waals surface area contributed by atoms with E-state index in [1.807, 2.05) is 0 Å². The average Bonchev–Trinajstić information content (AvgIpc) is 3.01. The number of rotatable bonds is 6. The van der Waals surface area contributed by atoms with Gasteiger partial charge < -0.3 is 19.9 Å². The average molecular weight is 349 g/mol. The number of anilines is 1. The number of ether oxygens (including phenoxy) is 3. The SMILES string of the molecule is COc1cc(/C=N/NC(=O)c2nonc2N)cc(OC)c1OC(C)=O. The second-order valence-corrected chi connectivity index (χ2v) is 4.55. The summed E-state index contributed by atoms with van der Waals surface area (Å²) in [7, 11) is 2.82. The van der Waals surface area contributed by atoms with E-state index in [2.05, 4.69) is 25.5 Å². The number of nitrogens with two attached hydrogens (primary N) is 1. The van der Waals surface area contributed by atoms with E-state index < -0.39 is 11.9 Å². The predicted molar refractivity (Wildman–Crippen MR) is 84.6 cm³/mol. The Morgan fingerprint density at radius 3 is 2.36 bits per heavy atom. The molecule has 0 aliphatic rings. The highest BCUT2D eigenvalue weighted by Crippen LogP contribution is 2.38. The van der Waals surface area contributed by atoms with Crippen LogP contribution in [0.15, 0.2) is 21.9 Å². The summed E-state index contributed by atoms with van der Waals surface area (Å²) in [4.78, 5) is 22.9. The topological polar surface area (TPSA) is 151 Å². The molecular weight excluding hydrogens is 334 g/mol. The highest BCUT2D eigenvalue weighted by atomic mass is 16.6. The van der Waals surface area contributed by atoms with E-state index in [-0.39, 0.29) is 28.8 Å². The third-order valence-corrected chi connectivity index (χ3v) is 2.84. The van der Waals surface area contributed by atoms with Crippen LogP contribution in [0.25, 0.3) is 0 Å². The van der Waals surface area contributed by atoms with Gasteiger partial charge in [-0.2, -0.15) is 5.10 Å². The summed E-state index contributed by atoms with van der Waals surface area (Å²) in [5, 5.41) is 10.4. The number of carbonyl (C=O) groups excluding carboxylic acids is 2. The van der Waals surface area contributed by atoms with Crippen molar-refractivity contribution in [2.75, 3.05) is 20.0 Å². The summed E-state index contributed by atoms with van der Waals surface area (Å²) >= 11 is 0. The minimum Gasteiger partial charge on any atom is -0.493 e. The van der Waals surface area contributed by atoms with Crippen LogP contribution in [0.2, 0.25) is 0 Å². The third-order valence-electron chi connectivity index (χ3n) is 2.84. The van der Waals surface area contributed by atoms with Crippen LogP contribution in [0.4, 0.5) is 5.82 Å². The van der Waals surface area contributed by atoms with E-state index in [0.717, 1.165) is 0 Å². The molecule has 11 heteroatoms. The number of nitrogen functional groups attached to an aromatic ring is 1. The lowest BCUT2D eigenvalue weighted by molar-refractivity contribution is -0.132. The Bertz CT molecular complexity index is 791. The molecule has 1 aromatic carbocycles. The summed E-state index contributed by atoms with van der Waals surface area (Å²) < 4.78 is 19.8. The molecule has 0 radical (unpaired) electrons. The maximum absolute atomic E-state index is 11.8. The van der Waals surface area contributed by atoms with Gasteiger partial charge in [0.1, 0.15) is 0 Å². The first kappa shape index (κ1) is 17.7. The fourth-order valence-electron chi connectivity index (χ4n) is 1.79. The van der Waals surface area contributed by atoms with Crippen molar-refractivity contribution < 1.29 is 28.4 Å². The molecule has 0 atom stereocenters. The number of nitrogens with one attached hydrogen (secondary N) is 1. The first-order valence-corrected chi connectivity index (χ1v) is 6.82. The van der Waals surface area contributed by atoms with Crippen LogP contribution in [-0.2, 0) is 4.79 Å². The Morgan fingerprint density at radius 2 is 1.88 bits per heavy atom. The molecule has 0 aliphatic heterocycles. The van der Waals surface area contributed by atoms with Gasteiger partial charge in [0.25, 0.3) is 5.91 Å². The van der Waals surface area contributed by atoms with Crippen molar-refractivity contribution in [3.8, 4) is 17.2 Å². The van der Waals surface area contributed by atoms with Gasteiger partial charge in [-0.3, -0.25) is 9.59 Å². The monoisotopic (exact) mass is 349 g/mol. The van der Waals surface area contributed by atoms with Crippen LogP contribution in [0, 0.1) is 0 Å². The van der Waals surface area contributed by atoms with Crippen molar-refractivity contribution in [2.24, 2.45) is 5.10 Å². The highest BCUT2D eigenvalue weighted by molar-refractivity contribution is 5.96. The lowest BCUT2D eigenvalue weighted by Crippen LogP contribution is -2.19. The molecule has 1 heterocycles. The van der Waals surface area contributed by atoms with E-state index in [0.29, 0.717) is 5.56 Å². The minimum atomic E-state index is -0.689. The van der Waals surface area contributed by atoms with Crippen molar-refractivity contribution >= 4 is 23.9 Å². The number of nitrogens with zero attached hydrogens (tertiary/aromatic N) is 3. The van der Waals surface area contributed by atoms with Gasteiger partial charge in [-0.1, -0.05) is 0 Å². The van der Waals surface area contributed by atoms with Crippen LogP contribution in [-0.4, -0.2) is 42.6 Å². The lowest BCUT2D eigenvalue weighted by Gasteiger charge is -2.13. The molecule has 0 spiro atoms. The number of hydrogen-bond donors (Lipinski definition) is 2. The Labute approximate surface area is 141 Å². The van der Waals surface area contributed by atoms with Gasteiger partial charge in [0.15, 0.2) is 11.5 Å². The number of benzene rings is 1. The van der Waals surface area contributed by atoms with Crippen molar-refractivity contribution in [1.82, 2.24) is 15.7 Å². The molecule has 0 unspecified atom stereocenters. The molecule has 0 aliphatic carbocycles. The molecule has 1 aromatic heterocycles. The molecular formula is C14H15N5O6. The maximum atomic E-state index is 11.8. The molecule has 0 saturated heterocycles. The van der Waals surface area contributed by atoms with Crippen LogP contribution < -0.4 is 25.4 Å². The fourth-order valence-corrected chi connectivity index (χ4v) is 1.79. The van der Waals surface area contributed by atoms with Crippen LogP contribution in [0.1, 0.15) is 23.0 Å². The van der Waals surface area contributed by atoms with Gasteiger partial charge in [0.05, 0.1) is 20.4 Å². The predicted octanol–water partition coefficient (Wildman–Crippen LogP) is 0.358. The molecule has 3 N–H and O–H groups in total. The smallest absolute Gasteiger partial charge is 0.308 e. The van der Waals surface area contributed by atoms with E-state index in [1.165, 1.54) is 27.4 Å². The number of hydrogen-bond acceptors (Lipinski definition) is 10. The number of hydrazone groups is 1. The number of esters is 1. The zero-order valence-electron chi connectivity index (χ0n) is 13.6. The molecule has 0 bridgehead atoms. The van der Waals surface area contributed by atoms with Gasteiger partial charge in [-0.15, -0.1) is 0 Å². The fraction of sp³-hybridized carbons (Fsp3) is 0.214. The molecule has 0 saturated carbocycles. The molecule has 1 amide bonds. The van der Waals surface area contributed by atoms with Gasteiger partial charge in [-0.05, 0) is 22.4 Å². The molecule has 11 nitrogen and oxygen atoms in total. The largest absolute Gasteiger partial charge is 0.493 e. The second kappa shape index (κ2) is 7.77. The van der Waals surface area contributed by atoms with Crippen molar-refractivity contribution in [2.45, 2.75) is 6.92 Å². The quantitative estimate of drug-likeness (QED) is 0.326. The van der Waals surface area contributed by atoms with Gasteiger partial charge in [0.2, 0.25) is 17.3 Å². The summed E-state index contributed by atoms with van der Waals surface area (Å²) in [5.41, 5.74) is 7.95. The van der Waals surface area contributed by atoms with Crippen LogP contribution >= 0.6 is 0 Å². The van der Waals surface area contributed by atoms with Crippen LogP contribution in [0.3, 0.4) is 0 Å². The lowest BCUT2D eigenvalue weighted by atomic mass is 10.2. The number of carbonyl (C=O) groups is 2. The first-order valence-electron chi connectivity index (χ1n) is 6.82. The Morgan fingerprint density at radius 1 is 1.24 bits per heavy atom. The standard InChI is InChI=1S/C14H15N5O6/c1-7(20)24-12-9(22-2)4-8(5-10(12)23-3)6-16-17-14(21)11-13(15)19-25-18-11/h4-6H,1-3H3,(H2,15,19)(H,17,21)/b16-6+.